The molecular weight excluding hydrogens is 183 g/mol. The van der Waals surface area contributed by atoms with E-state index in [0.29, 0.717) is 11.0 Å². The minimum Gasteiger partial charge on any atom is -0.494 e. The fourth-order valence-corrected chi connectivity index (χ4v) is 0.949. The molecule has 0 aromatic carbocycles. The van der Waals surface area contributed by atoms with Crippen molar-refractivity contribution in [2.75, 3.05) is 14.2 Å². The Kier molecular flexibility index (Phi) is 3.08. The van der Waals surface area contributed by atoms with E-state index in [4.69, 9.17) is 9.94 Å². The fraction of sp³-hybridized carbons (Fsp3) is 0.250. The highest BCUT2D eigenvalue weighted by molar-refractivity contribution is 6.34. The average molecular weight is 194 g/mol. The van der Waals surface area contributed by atoms with Crippen LogP contribution in [0.25, 0.3) is 0 Å². The first-order valence-corrected chi connectivity index (χ1v) is 4.04. The van der Waals surface area contributed by atoms with Crippen molar-refractivity contribution in [3.05, 3.63) is 17.8 Å². The number of hydrogen-bond acceptors (Lipinski definition) is 4. The maximum atomic E-state index is 11.5. The Hall–Kier alpha value is -1.56. The van der Waals surface area contributed by atoms with Gasteiger partial charge in [0.2, 0.25) is 5.88 Å². The Balaban J connectivity index is 2.97. The molecule has 0 aliphatic heterocycles. The number of aromatic nitrogens is 1. The second-order valence-corrected chi connectivity index (χ2v) is 2.85. The summed E-state index contributed by atoms with van der Waals surface area (Å²) in [5.41, 5.74) is 0.935. The van der Waals surface area contributed by atoms with E-state index in [1.807, 2.05) is 0 Å². The Morgan fingerprint density at radius 2 is 2.36 bits per heavy atom. The zero-order valence-corrected chi connectivity index (χ0v) is 8.31. The number of aromatic hydroxyl groups is 1. The number of hydrogen-bond donors (Lipinski definition) is 1. The standard InChI is InChI=1S/C8H11BN2O3/c1-11(14-2)8(13)5-3-6(9)7(12)10-4-5/h3-4H,9H2,1-2H3,(H,10,12). The van der Waals surface area contributed by atoms with E-state index in [2.05, 4.69) is 4.98 Å². The summed E-state index contributed by atoms with van der Waals surface area (Å²) in [5, 5.41) is 10.2. The first-order valence-electron chi connectivity index (χ1n) is 4.04. The van der Waals surface area contributed by atoms with Gasteiger partial charge in [0.15, 0.2) is 0 Å². The highest BCUT2D eigenvalue weighted by atomic mass is 16.7. The average Bonchev–Trinajstić information content (AvgIpc) is 2.20. The molecule has 0 saturated carbocycles. The van der Waals surface area contributed by atoms with Gasteiger partial charge in [0.1, 0.15) is 7.85 Å². The Morgan fingerprint density at radius 3 is 2.86 bits per heavy atom. The van der Waals surface area contributed by atoms with Crippen molar-refractivity contribution < 1.29 is 14.7 Å². The summed E-state index contributed by atoms with van der Waals surface area (Å²) in [6, 6.07) is 1.56. The van der Waals surface area contributed by atoms with Crippen LogP contribution in [0.4, 0.5) is 0 Å². The van der Waals surface area contributed by atoms with Gasteiger partial charge < -0.3 is 5.11 Å². The predicted octanol–water partition coefficient (Wildman–Crippen LogP) is -1.32. The zero-order chi connectivity index (χ0) is 10.7. The SMILES string of the molecule is Bc1cc(C(=O)N(C)OC)cnc1O. The van der Waals surface area contributed by atoms with E-state index >= 15 is 0 Å². The van der Waals surface area contributed by atoms with Crippen LogP contribution in [0.2, 0.25) is 0 Å². The molecule has 0 aliphatic carbocycles. The molecule has 1 aromatic heterocycles. The minimum absolute atomic E-state index is 0.0679. The second-order valence-electron chi connectivity index (χ2n) is 2.85. The lowest BCUT2D eigenvalue weighted by Gasteiger charge is -2.13. The molecule has 14 heavy (non-hydrogen) atoms. The van der Waals surface area contributed by atoms with Crippen LogP contribution in [-0.4, -0.2) is 43.1 Å². The molecule has 1 rings (SSSR count). The molecule has 0 aliphatic rings. The molecule has 0 radical (unpaired) electrons. The van der Waals surface area contributed by atoms with Gasteiger partial charge in [-0.2, -0.15) is 0 Å². The molecule has 1 N–H and O–H groups in total. The highest BCUT2D eigenvalue weighted by Crippen LogP contribution is 2.04. The van der Waals surface area contributed by atoms with Crippen molar-refractivity contribution in [2.24, 2.45) is 0 Å². The molecule has 5 nitrogen and oxygen atoms in total. The van der Waals surface area contributed by atoms with Crippen LogP contribution in [-0.2, 0) is 4.84 Å². The topological polar surface area (TPSA) is 62.7 Å². The van der Waals surface area contributed by atoms with E-state index in [-0.39, 0.29) is 11.8 Å². The summed E-state index contributed by atoms with van der Waals surface area (Å²) in [7, 11) is 4.58. The summed E-state index contributed by atoms with van der Waals surface area (Å²) in [6.07, 6.45) is 1.31. The monoisotopic (exact) mass is 194 g/mol. The van der Waals surface area contributed by atoms with Crippen molar-refractivity contribution in [2.45, 2.75) is 0 Å². The van der Waals surface area contributed by atoms with E-state index in [9.17, 15) is 4.79 Å². The van der Waals surface area contributed by atoms with Crippen LogP contribution in [0.3, 0.4) is 0 Å². The van der Waals surface area contributed by atoms with Crippen LogP contribution in [0.5, 0.6) is 5.88 Å². The van der Waals surface area contributed by atoms with Gasteiger partial charge >= 0.3 is 0 Å². The summed E-state index contributed by atoms with van der Waals surface area (Å²) in [5.74, 6) is -0.371. The maximum Gasteiger partial charge on any atom is 0.278 e. The predicted molar refractivity (Wildman–Crippen MR) is 53.2 cm³/mol. The lowest BCUT2D eigenvalue weighted by Crippen LogP contribution is -2.26. The van der Waals surface area contributed by atoms with Crippen molar-refractivity contribution in [1.82, 2.24) is 10.0 Å². The number of carbonyl (C=O) groups excluding carboxylic acids is 1. The molecule has 0 bridgehead atoms. The van der Waals surface area contributed by atoms with Crippen LogP contribution in [0, 0.1) is 0 Å². The number of pyridine rings is 1. The summed E-state index contributed by atoms with van der Waals surface area (Å²) in [4.78, 5) is 19.9. The molecule has 1 heterocycles. The van der Waals surface area contributed by atoms with E-state index in [1.54, 1.807) is 13.9 Å². The minimum atomic E-state index is -0.303. The molecule has 6 heteroatoms. The number of hydroxylamine groups is 2. The van der Waals surface area contributed by atoms with Gasteiger partial charge in [0.05, 0.1) is 12.7 Å². The third-order valence-electron chi connectivity index (χ3n) is 1.86. The van der Waals surface area contributed by atoms with Gasteiger partial charge in [-0.05, 0) is 11.5 Å². The van der Waals surface area contributed by atoms with Gasteiger partial charge in [-0.15, -0.1) is 0 Å². The third-order valence-corrected chi connectivity index (χ3v) is 1.86. The van der Waals surface area contributed by atoms with Crippen molar-refractivity contribution in [3.63, 3.8) is 0 Å². The van der Waals surface area contributed by atoms with Crippen LogP contribution >= 0.6 is 0 Å². The molecule has 1 aromatic rings. The Labute approximate surface area is 82.7 Å². The molecule has 74 valence electrons. The van der Waals surface area contributed by atoms with E-state index < -0.39 is 0 Å². The maximum absolute atomic E-state index is 11.5. The van der Waals surface area contributed by atoms with Gasteiger partial charge in [0.25, 0.3) is 5.91 Å². The van der Waals surface area contributed by atoms with Crippen LogP contribution in [0.15, 0.2) is 12.3 Å². The molecule has 0 unspecified atom stereocenters. The van der Waals surface area contributed by atoms with Crippen molar-refractivity contribution in [3.8, 4) is 5.88 Å². The molecule has 0 spiro atoms. The molecule has 0 atom stereocenters. The zero-order valence-electron chi connectivity index (χ0n) is 8.31. The van der Waals surface area contributed by atoms with Gasteiger partial charge in [-0.3, -0.25) is 9.63 Å². The molecule has 0 fully saturated rings. The highest BCUT2D eigenvalue weighted by Gasteiger charge is 2.12. The fourth-order valence-electron chi connectivity index (χ4n) is 0.949. The Morgan fingerprint density at radius 1 is 1.71 bits per heavy atom. The largest absolute Gasteiger partial charge is 0.494 e. The first kappa shape index (κ1) is 10.5. The Bertz CT molecular complexity index is 356. The number of carbonyl (C=O) groups is 1. The van der Waals surface area contributed by atoms with Crippen LogP contribution < -0.4 is 5.46 Å². The number of amides is 1. The van der Waals surface area contributed by atoms with Crippen molar-refractivity contribution in [1.29, 1.82) is 0 Å². The van der Waals surface area contributed by atoms with Gasteiger partial charge in [0, 0.05) is 13.2 Å². The molecule has 0 saturated heterocycles. The van der Waals surface area contributed by atoms with Gasteiger partial charge in [-0.25, -0.2) is 10.0 Å². The first-order chi connectivity index (χ1) is 6.56. The lowest BCUT2D eigenvalue weighted by atomic mass is 9.96. The molecular formula is C8H11BN2O3. The number of nitrogens with zero attached hydrogens (tertiary/aromatic N) is 2. The summed E-state index contributed by atoms with van der Waals surface area (Å²) < 4.78 is 0. The number of rotatable bonds is 2. The smallest absolute Gasteiger partial charge is 0.278 e. The summed E-state index contributed by atoms with van der Waals surface area (Å²) >= 11 is 0. The van der Waals surface area contributed by atoms with Crippen LogP contribution in [0.1, 0.15) is 10.4 Å². The second kappa shape index (κ2) is 4.10. The van der Waals surface area contributed by atoms with E-state index in [1.165, 1.54) is 20.4 Å². The third kappa shape index (κ3) is 2.03. The summed E-state index contributed by atoms with van der Waals surface area (Å²) in [6.45, 7) is 0. The molecule has 1 amide bonds. The van der Waals surface area contributed by atoms with Crippen molar-refractivity contribution >= 4 is 19.2 Å². The van der Waals surface area contributed by atoms with Gasteiger partial charge in [-0.1, -0.05) is 0 Å². The lowest BCUT2D eigenvalue weighted by molar-refractivity contribution is -0.0757. The normalized spacial score (nSPS) is 9.86. The quantitative estimate of drug-likeness (QED) is 0.468. The van der Waals surface area contributed by atoms with E-state index in [0.717, 1.165) is 5.06 Å².